The second-order valence-corrected chi connectivity index (χ2v) is 10.0. The maximum Gasteiger partial charge on any atom is 0.341 e. The molecule has 2 bridgehead atoms. The molecular weight excluding hydrogens is 400 g/mol. The fourth-order valence-corrected chi connectivity index (χ4v) is 6.99. The smallest absolute Gasteiger partial charge is 0.341 e. The summed E-state index contributed by atoms with van der Waals surface area (Å²) < 4.78 is 22.7. The van der Waals surface area contributed by atoms with E-state index in [-0.39, 0.29) is 6.42 Å². The molecular formula is C20H28O10. The summed E-state index contributed by atoms with van der Waals surface area (Å²) in [7, 11) is 1.36. The predicted octanol–water partition coefficient (Wildman–Crippen LogP) is -1.74. The van der Waals surface area contributed by atoms with Crippen LogP contribution in [0.25, 0.3) is 0 Å². The first-order valence-electron chi connectivity index (χ1n) is 10.3. The number of methoxy groups -OCH3 is 1. The Bertz CT molecular complexity index is 843. The van der Waals surface area contributed by atoms with Gasteiger partial charge in [-0.15, -0.1) is 0 Å². The number of hydrogen-bond acceptors (Lipinski definition) is 10. The normalized spacial score (nSPS) is 59.2. The molecule has 0 aromatic heterocycles. The van der Waals surface area contributed by atoms with Gasteiger partial charge in [-0.3, -0.25) is 4.79 Å². The molecule has 2 aliphatic carbocycles. The molecule has 1 unspecified atom stereocenters. The van der Waals surface area contributed by atoms with Crippen molar-refractivity contribution in [1.29, 1.82) is 0 Å². The van der Waals surface area contributed by atoms with Gasteiger partial charge in [0.25, 0.3) is 0 Å². The molecule has 5 rings (SSSR count). The van der Waals surface area contributed by atoms with Crippen molar-refractivity contribution in [3.63, 3.8) is 0 Å². The van der Waals surface area contributed by atoms with Crippen LogP contribution in [0.5, 0.6) is 0 Å². The Morgan fingerprint density at radius 1 is 1.10 bits per heavy atom. The molecule has 5 fully saturated rings. The third kappa shape index (κ3) is 1.71. The minimum Gasteiger partial charge on any atom is -0.456 e. The van der Waals surface area contributed by atoms with Crippen molar-refractivity contribution in [3.05, 3.63) is 0 Å². The molecule has 30 heavy (non-hydrogen) atoms. The molecule has 1 spiro atoms. The molecule has 3 aliphatic heterocycles. The van der Waals surface area contributed by atoms with E-state index < -0.39 is 82.1 Å². The van der Waals surface area contributed by atoms with Crippen molar-refractivity contribution >= 4 is 11.9 Å². The monoisotopic (exact) mass is 428 g/mol. The van der Waals surface area contributed by atoms with Crippen molar-refractivity contribution in [2.24, 2.45) is 17.3 Å². The molecule has 11 atom stereocenters. The van der Waals surface area contributed by atoms with Crippen molar-refractivity contribution in [2.75, 3.05) is 7.11 Å². The highest BCUT2D eigenvalue weighted by Crippen LogP contribution is 2.76. The van der Waals surface area contributed by atoms with Gasteiger partial charge in [-0.2, -0.15) is 0 Å². The summed E-state index contributed by atoms with van der Waals surface area (Å²) in [5.74, 6) is -3.64. The maximum atomic E-state index is 12.9. The number of carbonyl (C=O) groups is 2. The lowest BCUT2D eigenvalue weighted by atomic mass is 9.48. The Morgan fingerprint density at radius 2 is 1.73 bits per heavy atom. The van der Waals surface area contributed by atoms with Crippen molar-refractivity contribution in [1.82, 2.24) is 0 Å². The number of aliphatic hydroxyl groups is 4. The van der Waals surface area contributed by atoms with Crippen molar-refractivity contribution in [2.45, 2.75) is 87.0 Å². The van der Waals surface area contributed by atoms with E-state index >= 15 is 0 Å². The van der Waals surface area contributed by atoms with Gasteiger partial charge in [-0.05, 0) is 12.8 Å². The average molecular weight is 428 g/mol. The lowest BCUT2D eigenvalue weighted by molar-refractivity contribution is -0.314. The highest BCUT2D eigenvalue weighted by molar-refractivity contribution is 5.85. The van der Waals surface area contributed by atoms with Crippen molar-refractivity contribution < 1.29 is 49.0 Å². The van der Waals surface area contributed by atoms with Crippen LogP contribution in [0.1, 0.15) is 34.1 Å². The van der Waals surface area contributed by atoms with Crippen LogP contribution in [0.2, 0.25) is 0 Å². The quantitative estimate of drug-likeness (QED) is 0.301. The summed E-state index contributed by atoms with van der Waals surface area (Å²) in [6.07, 6.45) is -5.76. The number of fused-ring (bicyclic) bond motifs is 8. The van der Waals surface area contributed by atoms with Gasteiger partial charge in [-0.25, -0.2) is 4.79 Å². The third-order valence-corrected chi connectivity index (χ3v) is 8.81. The maximum absolute atomic E-state index is 12.9. The van der Waals surface area contributed by atoms with E-state index in [4.69, 9.17) is 18.9 Å². The van der Waals surface area contributed by atoms with Crippen LogP contribution in [-0.2, 0) is 28.5 Å². The largest absolute Gasteiger partial charge is 0.456 e. The predicted molar refractivity (Wildman–Crippen MR) is 95.7 cm³/mol. The Morgan fingerprint density at radius 3 is 2.23 bits per heavy atom. The van der Waals surface area contributed by atoms with E-state index in [1.54, 1.807) is 20.8 Å². The summed E-state index contributed by atoms with van der Waals surface area (Å²) in [6.45, 7) is 6.33. The van der Waals surface area contributed by atoms with E-state index in [2.05, 4.69) is 0 Å². The Labute approximate surface area is 173 Å². The number of ether oxygens (including phenoxy) is 4. The highest BCUT2D eigenvalue weighted by Gasteiger charge is 2.96. The molecule has 0 aromatic rings. The first kappa shape index (κ1) is 20.6. The van der Waals surface area contributed by atoms with Gasteiger partial charge in [0.2, 0.25) is 0 Å². The number of esters is 2. The van der Waals surface area contributed by atoms with E-state index in [1.807, 2.05) is 0 Å². The number of aliphatic hydroxyl groups excluding tert-OH is 1. The fraction of sp³-hybridized carbons (Fsp3) is 0.900. The third-order valence-electron chi connectivity index (χ3n) is 8.81. The lowest BCUT2D eigenvalue weighted by Gasteiger charge is -2.60. The summed E-state index contributed by atoms with van der Waals surface area (Å²) in [5, 5.41) is 44.8. The van der Waals surface area contributed by atoms with Gasteiger partial charge in [0, 0.05) is 13.5 Å². The SMILES string of the molecule is CO[C@@H]1[C@H]2OC(=O)[C@H]([C@]2(O)C(C)C)[C@]2(O)[C@H]3O[C@H]3[C@]3(C[C@@](O)(C(C)O)C(=O)O3)[C@]12C. The lowest BCUT2D eigenvalue weighted by Crippen LogP contribution is -2.78. The van der Waals surface area contributed by atoms with Gasteiger partial charge >= 0.3 is 11.9 Å². The number of rotatable bonds is 3. The molecule has 3 saturated heterocycles. The number of epoxide rings is 1. The number of carbonyl (C=O) groups excluding carboxylic acids is 2. The molecule has 4 N–H and O–H groups in total. The molecule has 0 amide bonds. The molecule has 168 valence electrons. The Hall–Kier alpha value is -1.30. The summed E-state index contributed by atoms with van der Waals surface area (Å²) in [6, 6.07) is 0. The second-order valence-electron chi connectivity index (χ2n) is 10.0. The van der Waals surface area contributed by atoms with Crippen LogP contribution in [0.4, 0.5) is 0 Å². The molecule has 10 heteroatoms. The standard InChI is InChI=1S/C20H28O10/c1-7(2)19(25)9-14(22)29-12(19)10(27-5)16(4)18(11-13(28-11)20(9,16)26)6-17(24,8(3)21)15(23)30-18/h7-13,21,24-26H,6H2,1-5H3/t8?,9-,10-,11-,12-,13+,16+,17-,18-,19-,20+/m1/s1. The van der Waals surface area contributed by atoms with Gasteiger partial charge in [-0.1, -0.05) is 20.8 Å². The topological polar surface area (TPSA) is 155 Å². The average Bonchev–Trinajstić information content (AvgIpc) is 3.33. The highest BCUT2D eigenvalue weighted by atomic mass is 16.7. The van der Waals surface area contributed by atoms with E-state index in [1.165, 1.54) is 14.0 Å². The van der Waals surface area contributed by atoms with Crippen LogP contribution >= 0.6 is 0 Å². The number of hydrogen-bond donors (Lipinski definition) is 4. The van der Waals surface area contributed by atoms with E-state index in [0.29, 0.717) is 0 Å². The zero-order chi connectivity index (χ0) is 22.2. The Balaban J connectivity index is 1.74. The first-order chi connectivity index (χ1) is 13.8. The zero-order valence-corrected chi connectivity index (χ0v) is 17.5. The van der Waals surface area contributed by atoms with Crippen LogP contribution in [0.3, 0.4) is 0 Å². The molecule has 2 saturated carbocycles. The van der Waals surface area contributed by atoms with Gasteiger partial charge in [0.1, 0.15) is 35.4 Å². The summed E-state index contributed by atoms with van der Waals surface area (Å²) in [4.78, 5) is 25.6. The zero-order valence-electron chi connectivity index (χ0n) is 17.5. The fourth-order valence-electron chi connectivity index (χ4n) is 6.99. The van der Waals surface area contributed by atoms with Crippen LogP contribution in [0.15, 0.2) is 0 Å². The molecule has 3 heterocycles. The molecule has 0 aromatic carbocycles. The van der Waals surface area contributed by atoms with Gasteiger partial charge in [0.15, 0.2) is 17.3 Å². The second kappa shape index (κ2) is 5.36. The van der Waals surface area contributed by atoms with Crippen LogP contribution < -0.4 is 0 Å². The molecule has 10 nitrogen and oxygen atoms in total. The first-order valence-corrected chi connectivity index (χ1v) is 10.3. The van der Waals surface area contributed by atoms with Gasteiger partial charge < -0.3 is 39.4 Å². The van der Waals surface area contributed by atoms with Crippen LogP contribution in [-0.4, -0.2) is 92.4 Å². The molecule has 0 radical (unpaired) electrons. The van der Waals surface area contributed by atoms with Crippen LogP contribution in [0, 0.1) is 17.3 Å². The van der Waals surface area contributed by atoms with Gasteiger partial charge in [0.05, 0.1) is 11.5 Å². The minimum atomic E-state index is -2.21. The summed E-state index contributed by atoms with van der Waals surface area (Å²) >= 11 is 0. The summed E-state index contributed by atoms with van der Waals surface area (Å²) in [5.41, 5.74) is -9.00. The van der Waals surface area contributed by atoms with E-state index in [0.717, 1.165) is 0 Å². The van der Waals surface area contributed by atoms with Crippen molar-refractivity contribution in [3.8, 4) is 0 Å². The Kier molecular flexibility index (Phi) is 3.68. The molecule has 5 aliphatic rings. The minimum absolute atomic E-state index is 0.357. The van der Waals surface area contributed by atoms with E-state index in [9.17, 15) is 30.0 Å².